The van der Waals surface area contributed by atoms with Gasteiger partial charge in [-0.15, -0.1) is 11.3 Å². The smallest absolute Gasteiger partial charge is 0.191 e. The molecule has 0 saturated carbocycles. The fourth-order valence-electron chi connectivity index (χ4n) is 3.39. The lowest BCUT2D eigenvalue weighted by molar-refractivity contribution is -0.0265. The quantitative estimate of drug-likeness (QED) is 0.592. The van der Waals surface area contributed by atoms with Gasteiger partial charge in [-0.2, -0.15) is 0 Å². The highest BCUT2D eigenvalue weighted by Crippen LogP contribution is 2.33. The van der Waals surface area contributed by atoms with E-state index in [1.165, 1.54) is 21.7 Å². The van der Waals surface area contributed by atoms with Crippen molar-refractivity contribution in [3.63, 3.8) is 0 Å². The third-order valence-corrected chi connectivity index (χ3v) is 6.05. The van der Waals surface area contributed by atoms with Crippen LogP contribution in [0.25, 0.3) is 0 Å². The SMILES string of the molecule is CCc1ccc(CNC(=NC)NCC2CCCOC2c2ccccc2)s1. The summed E-state index contributed by atoms with van der Waals surface area (Å²) in [5, 5.41) is 6.92. The number of hydrogen-bond acceptors (Lipinski definition) is 3. The first kappa shape index (κ1) is 18.9. The Bertz CT molecular complexity index is 698. The van der Waals surface area contributed by atoms with E-state index < -0.39 is 0 Å². The Morgan fingerprint density at radius 2 is 1.96 bits per heavy atom. The molecule has 2 N–H and O–H groups in total. The van der Waals surface area contributed by atoms with Gasteiger partial charge in [-0.25, -0.2) is 0 Å². The number of hydrogen-bond donors (Lipinski definition) is 2. The van der Waals surface area contributed by atoms with Crippen molar-refractivity contribution >= 4 is 17.3 Å². The molecule has 26 heavy (non-hydrogen) atoms. The van der Waals surface area contributed by atoms with Crippen molar-refractivity contribution in [1.29, 1.82) is 0 Å². The largest absolute Gasteiger partial charge is 0.373 e. The summed E-state index contributed by atoms with van der Waals surface area (Å²) < 4.78 is 6.09. The average molecular weight is 372 g/mol. The van der Waals surface area contributed by atoms with Crippen LogP contribution in [0.15, 0.2) is 47.5 Å². The molecule has 2 unspecified atom stereocenters. The number of nitrogens with zero attached hydrogens (tertiary/aromatic N) is 1. The topological polar surface area (TPSA) is 45.7 Å². The van der Waals surface area contributed by atoms with Crippen molar-refractivity contribution in [3.8, 4) is 0 Å². The van der Waals surface area contributed by atoms with Crippen LogP contribution in [0.4, 0.5) is 0 Å². The second kappa shape index (κ2) is 9.74. The normalized spacial score (nSPS) is 20.8. The molecule has 3 rings (SSSR count). The Morgan fingerprint density at radius 3 is 2.69 bits per heavy atom. The molecular weight excluding hydrogens is 342 g/mol. The van der Waals surface area contributed by atoms with Crippen LogP contribution in [-0.4, -0.2) is 26.2 Å². The standard InChI is InChI=1S/C21H29N3OS/c1-3-18-11-12-19(26-18)15-24-21(22-2)23-14-17-10-7-13-25-20(17)16-8-5-4-6-9-16/h4-6,8-9,11-12,17,20H,3,7,10,13-15H2,1-2H3,(H2,22,23,24). The van der Waals surface area contributed by atoms with Gasteiger partial charge in [-0.05, 0) is 37.0 Å². The molecule has 2 atom stereocenters. The minimum Gasteiger partial charge on any atom is -0.373 e. The van der Waals surface area contributed by atoms with Crippen molar-refractivity contribution in [1.82, 2.24) is 10.6 Å². The van der Waals surface area contributed by atoms with Crippen LogP contribution in [0, 0.1) is 5.92 Å². The lowest BCUT2D eigenvalue weighted by Gasteiger charge is -2.32. The summed E-state index contributed by atoms with van der Waals surface area (Å²) in [6, 6.07) is 15.0. The number of benzene rings is 1. The number of rotatable bonds is 6. The summed E-state index contributed by atoms with van der Waals surface area (Å²) >= 11 is 1.86. The number of aryl methyl sites for hydroxylation is 1. The van der Waals surface area contributed by atoms with Gasteiger partial charge in [-0.3, -0.25) is 4.99 Å². The Balaban J connectivity index is 1.53. The second-order valence-corrected chi connectivity index (χ2v) is 7.89. The van der Waals surface area contributed by atoms with Crippen molar-refractivity contribution < 1.29 is 4.74 Å². The maximum absolute atomic E-state index is 6.09. The molecule has 0 bridgehead atoms. The minimum absolute atomic E-state index is 0.167. The second-order valence-electron chi connectivity index (χ2n) is 6.63. The van der Waals surface area contributed by atoms with Crippen LogP contribution < -0.4 is 10.6 Å². The molecule has 0 radical (unpaired) electrons. The fourth-order valence-corrected chi connectivity index (χ4v) is 4.29. The van der Waals surface area contributed by atoms with Gasteiger partial charge in [0.1, 0.15) is 0 Å². The zero-order chi connectivity index (χ0) is 18.2. The van der Waals surface area contributed by atoms with E-state index in [0.29, 0.717) is 5.92 Å². The van der Waals surface area contributed by atoms with E-state index in [4.69, 9.17) is 4.74 Å². The van der Waals surface area contributed by atoms with Crippen LogP contribution in [0.3, 0.4) is 0 Å². The molecule has 1 aromatic heterocycles. The molecule has 1 aromatic carbocycles. The summed E-state index contributed by atoms with van der Waals surface area (Å²) in [6.45, 7) is 4.72. The van der Waals surface area contributed by atoms with Gasteiger partial charge in [-0.1, -0.05) is 37.3 Å². The monoisotopic (exact) mass is 371 g/mol. The Hall–Kier alpha value is -1.85. The van der Waals surface area contributed by atoms with Gasteiger partial charge >= 0.3 is 0 Å². The molecular formula is C21H29N3OS. The first-order valence-corrected chi connectivity index (χ1v) is 10.3. The van der Waals surface area contributed by atoms with E-state index in [1.54, 1.807) is 0 Å². The first-order valence-electron chi connectivity index (χ1n) is 9.48. The Morgan fingerprint density at radius 1 is 1.15 bits per heavy atom. The molecule has 2 aromatic rings. The predicted molar refractivity (Wildman–Crippen MR) is 110 cm³/mol. The van der Waals surface area contributed by atoms with Crippen LogP contribution in [0.1, 0.15) is 41.2 Å². The van der Waals surface area contributed by atoms with E-state index in [2.05, 4.69) is 65.0 Å². The molecule has 1 aliphatic rings. The minimum atomic E-state index is 0.167. The van der Waals surface area contributed by atoms with E-state index in [9.17, 15) is 0 Å². The van der Waals surface area contributed by atoms with Gasteiger partial charge < -0.3 is 15.4 Å². The third kappa shape index (κ3) is 5.08. The maximum atomic E-state index is 6.09. The van der Waals surface area contributed by atoms with E-state index in [0.717, 1.165) is 38.5 Å². The van der Waals surface area contributed by atoms with E-state index >= 15 is 0 Å². The van der Waals surface area contributed by atoms with Crippen LogP contribution >= 0.6 is 11.3 Å². The highest BCUT2D eigenvalue weighted by molar-refractivity contribution is 7.11. The summed E-state index contributed by atoms with van der Waals surface area (Å²) in [7, 11) is 1.83. The number of nitrogens with one attached hydrogen (secondary N) is 2. The first-order chi connectivity index (χ1) is 12.8. The molecule has 0 amide bonds. The predicted octanol–water partition coefficient (Wildman–Crippen LogP) is 4.14. The maximum Gasteiger partial charge on any atom is 0.191 e. The van der Waals surface area contributed by atoms with Gasteiger partial charge in [0.25, 0.3) is 0 Å². The van der Waals surface area contributed by atoms with Gasteiger partial charge in [0.05, 0.1) is 12.6 Å². The highest BCUT2D eigenvalue weighted by Gasteiger charge is 2.27. The highest BCUT2D eigenvalue weighted by atomic mass is 32.1. The number of guanidine groups is 1. The van der Waals surface area contributed by atoms with Gasteiger partial charge in [0.15, 0.2) is 5.96 Å². The van der Waals surface area contributed by atoms with Crippen LogP contribution in [-0.2, 0) is 17.7 Å². The van der Waals surface area contributed by atoms with Crippen molar-refractivity contribution in [2.75, 3.05) is 20.2 Å². The lowest BCUT2D eigenvalue weighted by atomic mass is 9.89. The van der Waals surface area contributed by atoms with Crippen LogP contribution in [0.5, 0.6) is 0 Å². The van der Waals surface area contributed by atoms with Crippen LogP contribution in [0.2, 0.25) is 0 Å². The average Bonchev–Trinajstić information content (AvgIpc) is 3.17. The summed E-state index contributed by atoms with van der Waals surface area (Å²) in [5.74, 6) is 1.31. The molecule has 140 valence electrons. The summed E-state index contributed by atoms with van der Waals surface area (Å²) in [6.07, 6.45) is 3.56. The molecule has 4 nitrogen and oxygen atoms in total. The van der Waals surface area contributed by atoms with E-state index in [1.807, 2.05) is 18.4 Å². The van der Waals surface area contributed by atoms with Crippen molar-refractivity contribution in [2.24, 2.45) is 10.9 Å². The molecule has 1 saturated heterocycles. The number of ether oxygens (including phenoxy) is 1. The molecule has 1 aliphatic heterocycles. The molecule has 0 spiro atoms. The molecule has 2 heterocycles. The van der Waals surface area contributed by atoms with E-state index in [-0.39, 0.29) is 6.10 Å². The van der Waals surface area contributed by atoms with Gasteiger partial charge in [0, 0.05) is 35.9 Å². The Kier molecular flexibility index (Phi) is 7.09. The Labute approximate surface area is 160 Å². The molecule has 0 aliphatic carbocycles. The molecule has 1 fully saturated rings. The third-order valence-electron chi connectivity index (χ3n) is 4.82. The fraction of sp³-hybridized carbons (Fsp3) is 0.476. The number of aliphatic imine (C=N–C) groups is 1. The lowest BCUT2D eigenvalue weighted by Crippen LogP contribution is -2.41. The molecule has 5 heteroatoms. The van der Waals surface area contributed by atoms with Crippen molar-refractivity contribution in [2.45, 2.75) is 38.8 Å². The zero-order valence-corrected chi connectivity index (χ0v) is 16.5. The zero-order valence-electron chi connectivity index (χ0n) is 15.7. The summed E-state index contributed by atoms with van der Waals surface area (Å²) in [4.78, 5) is 7.14. The number of thiophene rings is 1. The van der Waals surface area contributed by atoms with Gasteiger partial charge in [0.2, 0.25) is 0 Å². The van der Waals surface area contributed by atoms with Crippen molar-refractivity contribution in [3.05, 3.63) is 57.8 Å². The summed E-state index contributed by atoms with van der Waals surface area (Å²) in [5.41, 5.74) is 1.27.